The van der Waals surface area contributed by atoms with Crippen molar-refractivity contribution in [3.8, 4) is 0 Å². The van der Waals surface area contributed by atoms with Crippen molar-refractivity contribution in [2.24, 2.45) is 22.7 Å². The molecule has 0 aromatic heterocycles. The van der Waals surface area contributed by atoms with Gasteiger partial charge in [-0.1, -0.05) is 30.8 Å². The lowest BCUT2D eigenvalue weighted by molar-refractivity contribution is -0.116. The Morgan fingerprint density at radius 2 is 1.73 bits per heavy atom. The molecule has 6 heteroatoms. The third-order valence-corrected chi connectivity index (χ3v) is 8.85. The minimum absolute atomic E-state index is 0. The van der Waals surface area contributed by atoms with Crippen molar-refractivity contribution < 1.29 is 4.79 Å². The number of rotatable bonds is 5. The highest BCUT2D eigenvalue weighted by molar-refractivity contribution is 8.14. The van der Waals surface area contributed by atoms with Gasteiger partial charge in [0, 0.05) is 31.0 Å². The number of hydrogen-bond acceptors (Lipinski definition) is 3. The summed E-state index contributed by atoms with van der Waals surface area (Å²) >= 11 is 1.86. The molecule has 0 spiro atoms. The topological polar surface area (TPSA) is 44.7 Å². The zero-order valence-electron chi connectivity index (χ0n) is 18.1. The molecule has 1 atom stereocenters. The predicted molar refractivity (Wildman–Crippen MR) is 129 cm³/mol. The van der Waals surface area contributed by atoms with Gasteiger partial charge in [-0.05, 0) is 80.4 Å². The first-order chi connectivity index (χ1) is 14.0. The number of nitrogens with one attached hydrogen (secondary N) is 1. The van der Waals surface area contributed by atoms with E-state index in [1.807, 2.05) is 23.9 Å². The minimum Gasteiger partial charge on any atom is -0.350 e. The quantitative estimate of drug-likeness (QED) is 0.659. The lowest BCUT2D eigenvalue weighted by Gasteiger charge is -2.55. The van der Waals surface area contributed by atoms with Crippen LogP contribution in [-0.2, 0) is 11.2 Å². The number of hydrogen-bond donors (Lipinski definition) is 1. The molecule has 1 heterocycles. The molecule has 1 unspecified atom stereocenters. The Kier molecular flexibility index (Phi) is 6.41. The number of nitrogens with zero attached hydrogens (tertiary/aromatic N) is 2. The van der Waals surface area contributed by atoms with Crippen molar-refractivity contribution in [2.75, 3.05) is 18.1 Å². The van der Waals surface area contributed by atoms with Crippen LogP contribution in [-0.4, -0.2) is 40.4 Å². The second-order valence-electron chi connectivity index (χ2n) is 9.91. The molecule has 6 rings (SSSR count). The summed E-state index contributed by atoms with van der Waals surface area (Å²) in [6.07, 6.45) is 9.81. The van der Waals surface area contributed by atoms with Crippen LogP contribution in [0.2, 0.25) is 0 Å². The van der Waals surface area contributed by atoms with E-state index in [0.717, 1.165) is 35.6 Å². The van der Waals surface area contributed by atoms with Crippen LogP contribution in [0.15, 0.2) is 29.3 Å². The Labute approximate surface area is 191 Å². The normalized spacial score (nSPS) is 35.5. The predicted octanol–water partition coefficient (Wildman–Crippen LogP) is 5.37. The molecule has 4 bridgehead atoms. The van der Waals surface area contributed by atoms with Crippen molar-refractivity contribution in [1.82, 2.24) is 4.90 Å². The highest BCUT2D eigenvalue weighted by Crippen LogP contribution is 2.57. The van der Waals surface area contributed by atoms with Gasteiger partial charge in [-0.15, -0.1) is 12.4 Å². The largest absolute Gasteiger partial charge is 0.350 e. The molecule has 4 aliphatic carbocycles. The van der Waals surface area contributed by atoms with Gasteiger partial charge in [0.1, 0.15) is 0 Å². The molecule has 164 valence electrons. The third kappa shape index (κ3) is 4.38. The lowest BCUT2D eigenvalue weighted by Crippen LogP contribution is -2.50. The summed E-state index contributed by atoms with van der Waals surface area (Å²) in [5.74, 6) is 3.82. The number of amides is 1. The molecule has 0 radical (unpaired) electrons. The molecule has 1 aromatic rings. The van der Waals surface area contributed by atoms with Crippen molar-refractivity contribution >= 4 is 40.9 Å². The molecule has 1 saturated heterocycles. The van der Waals surface area contributed by atoms with E-state index in [2.05, 4.69) is 36.3 Å². The number of amidine groups is 1. The number of thioether (sulfide) groups is 1. The second kappa shape index (κ2) is 8.74. The van der Waals surface area contributed by atoms with E-state index in [4.69, 9.17) is 4.99 Å². The molecule has 1 aliphatic heterocycles. The summed E-state index contributed by atoms with van der Waals surface area (Å²) in [6.45, 7) is 2.14. The van der Waals surface area contributed by atoms with Gasteiger partial charge >= 0.3 is 0 Å². The van der Waals surface area contributed by atoms with E-state index >= 15 is 0 Å². The molecule has 5 aliphatic rings. The first kappa shape index (κ1) is 22.0. The monoisotopic (exact) mass is 447 g/mol. The van der Waals surface area contributed by atoms with Gasteiger partial charge in [0.15, 0.2) is 5.17 Å². The number of aliphatic imine (C=N–C) groups is 1. The van der Waals surface area contributed by atoms with Crippen LogP contribution >= 0.6 is 24.2 Å². The number of aryl methyl sites for hydroxylation is 1. The Bertz CT molecular complexity index is 774. The maximum Gasteiger partial charge on any atom is 0.226 e. The first-order valence-corrected chi connectivity index (χ1v) is 12.3. The SMILES string of the molecule is CCc1ccc(NC(=O)CC2CS/C(=N\C34CC5CC(CC(C5)C3)C4)N2C)cc1.Cl. The number of benzene rings is 1. The fourth-order valence-corrected chi connectivity index (χ4v) is 7.80. The zero-order valence-corrected chi connectivity index (χ0v) is 19.7. The highest BCUT2D eigenvalue weighted by atomic mass is 35.5. The van der Waals surface area contributed by atoms with Crippen LogP contribution in [0.1, 0.15) is 57.4 Å². The van der Waals surface area contributed by atoms with Crippen LogP contribution in [0.25, 0.3) is 0 Å². The van der Waals surface area contributed by atoms with Crippen molar-refractivity contribution in [2.45, 2.75) is 69.9 Å². The molecule has 4 saturated carbocycles. The average molecular weight is 448 g/mol. The summed E-state index contributed by atoms with van der Waals surface area (Å²) in [7, 11) is 2.13. The smallest absolute Gasteiger partial charge is 0.226 e. The number of anilines is 1. The third-order valence-electron chi connectivity index (χ3n) is 7.66. The van der Waals surface area contributed by atoms with Crippen LogP contribution in [0.3, 0.4) is 0 Å². The summed E-state index contributed by atoms with van der Waals surface area (Å²) in [4.78, 5) is 20.3. The fraction of sp³-hybridized carbons (Fsp3) is 0.667. The van der Waals surface area contributed by atoms with Crippen LogP contribution < -0.4 is 5.32 Å². The van der Waals surface area contributed by atoms with Gasteiger partial charge in [-0.2, -0.15) is 0 Å². The molecule has 5 fully saturated rings. The van der Waals surface area contributed by atoms with Crippen LogP contribution in [0.5, 0.6) is 0 Å². The summed E-state index contributed by atoms with van der Waals surface area (Å²) in [5, 5.41) is 4.25. The first-order valence-electron chi connectivity index (χ1n) is 11.4. The van der Waals surface area contributed by atoms with Crippen molar-refractivity contribution in [1.29, 1.82) is 0 Å². The Balaban J connectivity index is 0.00000218. The highest BCUT2D eigenvalue weighted by Gasteiger charge is 2.51. The van der Waals surface area contributed by atoms with E-state index in [1.165, 1.54) is 49.3 Å². The van der Waals surface area contributed by atoms with Crippen LogP contribution in [0, 0.1) is 17.8 Å². The summed E-state index contributed by atoms with van der Waals surface area (Å²) < 4.78 is 0. The molecule has 1 amide bonds. The van der Waals surface area contributed by atoms with E-state index in [1.54, 1.807) is 0 Å². The number of carbonyl (C=O) groups is 1. The summed E-state index contributed by atoms with van der Waals surface area (Å²) in [6, 6.07) is 8.42. The van der Waals surface area contributed by atoms with Gasteiger partial charge in [0.2, 0.25) is 5.91 Å². The fourth-order valence-electron chi connectivity index (χ4n) is 6.50. The molecular weight excluding hydrogens is 414 g/mol. The average Bonchev–Trinajstić information content (AvgIpc) is 3.00. The minimum atomic E-state index is 0. The molecule has 1 aromatic carbocycles. The number of halogens is 1. The zero-order chi connectivity index (χ0) is 20.0. The van der Waals surface area contributed by atoms with Crippen molar-refractivity contribution in [3.05, 3.63) is 29.8 Å². The maximum atomic E-state index is 12.6. The van der Waals surface area contributed by atoms with Gasteiger partial charge in [0.25, 0.3) is 0 Å². The van der Waals surface area contributed by atoms with E-state index < -0.39 is 0 Å². The Hall–Kier alpha value is -1.20. The second-order valence-corrected chi connectivity index (χ2v) is 10.9. The van der Waals surface area contributed by atoms with Gasteiger partial charge in [-0.25, -0.2) is 0 Å². The number of carbonyl (C=O) groups excluding carboxylic acids is 1. The molecular formula is C24H34ClN3OS. The molecule has 30 heavy (non-hydrogen) atoms. The van der Waals surface area contributed by atoms with Gasteiger partial charge < -0.3 is 10.2 Å². The van der Waals surface area contributed by atoms with Gasteiger partial charge in [-0.3, -0.25) is 9.79 Å². The molecule has 1 N–H and O–H groups in total. The van der Waals surface area contributed by atoms with E-state index in [0.29, 0.717) is 6.42 Å². The Morgan fingerprint density at radius 1 is 1.13 bits per heavy atom. The van der Waals surface area contributed by atoms with Crippen molar-refractivity contribution in [3.63, 3.8) is 0 Å². The Morgan fingerprint density at radius 3 is 2.30 bits per heavy atom. The van der Waals surface area contributed by atoms with E-state index in [9.17, 15) is 4.79 Å². The summed E-state index contributed by atoms with van der Waals surface area (Å²) in [5.41, 5.74) is 2.40. The van der Waals surface area contributed by atoms with E-state index in [-0.39, 0.29) is 29.9 Å². The lowest BCUT2D eigenvalue weighted by atomic mass is 9.53. The standard InChI is InChI=1S/C24H33N3OS.ClH/c1-3-16-4-6-20(7-5-16)25-22(28)11-21-15-29-23(27(21)2)26-24-12-17-8-18(13-24)10-19(9-17)14-24;/h4-7,17-19,21H,3,8-15H2,1-2H3,(H,25,28);1H/b26-23-;. The maximum absolute atomic E-state index is 12.6. The molecule has 4 nitrogen and oxygen atoms in total. The van der Waals surface area contributed by atoms with Crippen LogP contribution in [0.4, 0.5) is 5.69 Å². The van der Waals surface area contributed by atoms with Gasteiger partial charge in [0.05, 0.1) is 5.54 Å².